The molecule has 0 saturated carbocycles. The van der Waals surface area contributed by atoms with Gasteiger partial charge in [0.1, 0.15) is 0 Å². The first-order chi connectivity index (χ1) is 8.17. The molecule has 0 spiro atoms. The van der Waals surface area contributed by atoms with Gasteiger partial charge in [-0.05, 0) is 19.1 Å². The maximum Gasteiger partial charge on any atom is 0.151 e. The summed E-state index contributed by atoms with van der Waals surface area (Å²) in [5, 5.41) is 11.8. The molecule has 0 bridgehead atoms. The van der Waals surface area contributed by atoms with E-state index in [2.05, 4.69) is 47.8 Å². The zero-order valence-corrected chi connectivity index (χ0v) is 11.0. The monoisotopic (exact) mass is 234 g/mol. The zero-order valence-electron chi connectivity index (χ0n) is 11.0. The van der Waals surface area contributed by atoms with Crippen molar-refractivity contribution in [1.29, 1.82) is 0 Å². The maximum atomic E-state index is 4.23. The summed E-state index contributed by atoms with van der Waals surface area (Å²) >= 11 is 0. The van der Waals surface area contributed by atoms with Crippen LogP contribution in [-0.2, 0) is 6.54 Å². The van der Waals surface area contributed by atoms with Crippen LogP contribution in [0.2, 0.25) is 0 Å². The quantitative estimate of drug-likeness (QED) is 0.733. The number of hydrogen-bond donors (Lipinski definition) is 1. The second-order valence-corrected chi connectivity index (χ2v) is 4.25. The summed E-state index contributed by atoms with van der Waals surface area (Å²) in [6.07, 6.45) is 1.87. The summed E-state index contributed by atoms with van der Waals surface area (Å²) in [6, 6.07) is 4.49. The van der Waals surface area contributed by atoms with Crippen molar-refractivity contribution in [2.24, 2.45) is 0 Å². The average Bonchev–Trinajstić information content (AvgIpc) is 2.34. The Hall–Kier alpha value is -1.42. The van der Waals surface area contributed by atoms with Crippen molar-refractivity contribution in [2.75, 3.05) is 18.0 Å². The van der Waals surface area contributed by atoms with Crippen molar-refractivity contribution in [3.8, 4) is 0 Å². The van der Waals surface area contributed by atoms with Crippen molar-refractivity contribution in [3.05, 3.63) is 30.5 Å². The van der Waals surface area contributed by atoms with E-state index in [1.165, 1.54) is 0 Å². The van der Waals surface area contributed by atoms with Gasteiger partial charge in [-0.3, -0.25) is 0 Å². The molecule has 1 aromatic rings. The summed E-state index contributed by atoms with van der Waals surface area (Å²) < 4.78 is 0. The molecule has 1 N–H and O–H groups in total. The number of likely N-dealkylation sites (N-methyl/N-ethyl adjacent to an activating group) is 1. The van der Waals surface area contributed by atoms with Crippen LogP contribution in [0.5, 0.6) is 0 Å². The normalized spacial score (nSPS) is 10.6. The van der Waals surface area contributed by atoms with E-state index in [0.717, 1.165) is 31.1 Å². The molecule has 94 valence electrons. The van der Waals surface area contributed by atoms with Crippen LogP contribution in [0.15, 0.2) is 24.8 Å². The molecule has 0 saturated heterocycles. The smallest absolute Gasteiger partial charge is 0.151 e. The summed E-state index contributed by atoms with van der Waals surface area (Å²) in [5.41, 5.74) is 0.970. The van der Waals surface area contributed by atoms with Crippen LogP contribution in [0, 0.1) is 0 Å². The first-order valence-corrected chi connectivity index (χ1v) is 6.09. The predicted octanol–water partition coefficient (Wildman–Crippen LogP) is 1.99. The summed E-state index contributed by atoms with van der Waals surface area (Å²) in [4.78, 5) is 2.12. The van der Waals surface area contributed by atoms with Crippen molar-refractivity contribution in [1.82, 2.24) is 15.5 Å². The molecule has 0 radical (unpaired) electrons. The molecule has 1 aromatic heterocycles. The van der Waals surface area contributed by atoms with E-state index in [1.54, 1.807) is 0 Å². The molecule has 0 aliphatic heterocycles. The van der Waals surface area contributed by atoms with E-state index in [1.807, 2.05) is 18.2 Å². The Labute approximate surface area is 104 Å². The third kappa shape index (κ3) is 4.53. The Morgan fingerprint density at radius 3 is 2.65 bits per heavy atom. The molecule has 4 heteroatoms. The minimum absolute atomic E-state index is 0.462. The number of hydrogen-bond acceptors (Lipinski definition) is 4. The van der Waals surface area contributed by atoms with Gasteiger partial charge >= 0.3 is 0 Å². The molecule has 0 atom stereocenters. The van der Waals surface area contributed by atoms with E-state index in [0.29, 0.717) is 6.04 Å². The van der Waals surface area contributed by atoms with Crippen molar-refractivity contribution >= 4 is 5.82 Å². The highest BCUT2D eigenvalue weighted by Crippen LogP contribution is 2.09. The molecule has 4 nitrogen and oxygen atoms in total. The second-order valence-electron chi connectivity index (χ2n) is 4.25. The Bertz CT molecular complexity index is 332. The lowest BCUT2D eigenvalue weighted by Gasteiger charge is -2.19. The lowest BCUT2D eigenvalue weighted by Crippen LogP contribution is -2.25. The second kappa shape index (κ2) is 7.01. The van der Waals surface area contributed by atoms with Crippen LogP contribution >= 0.6 is 0 Å². The van der Waals surface area contributed by atoms with Crippen LogP contribution in [0.3, 0.4) is 0 Å². The first kappa shape index (κ1) is 13.6. The van der Waals surface area contributed by atoms with Gasteiger partial charge < -0.3 is 10.2 Å². The van der Waals surface area contributed by atoms with Crippen molar-refractivity contribution < 1.29 is 0 Å². The van der Waals surface area contributed by atoms with E-state index in [9.17, 15) is 0 Å². The van der Waals surface area contributed by atoms with Crippen LogP contribution in [0.4, 0.5) is 5.82 Å². The van der Waals surface area contributed by atoms with Gasteiger partial charge in [0, 0.05) is 25.7 Å². The number of nitrogens with one attached hydrogen (secondary N) is 1. The number of nitrogens with zero attached hydrogens (tertiary/aromatic N) is 3. The van der Waals surface area contributed by atoms with Crippen LogP contribution < -0.4 is 10.2 Å². The predicted molar refractivity (Wildman–Crippen MR) is 72.1 cm³/mol. The van der Waals surface area contributed by atoms with Crippen molar-refractivity contribution in [2.45, 2.75) is 33.4 Å². The van der Waals surface area contributed by atoms with Gasteiger partial charge in [-0.25, -0.2) is 0 Å². The Morgan fingerprint density at radius 2 is 2.18 bits per heavy atom. The SMILES string of the molecule is C=CCN(CC)c1ccc(CNC(C)C)nn1. The maximum absolute atomic E-state index is 4.23. The lowest BCUT2D eigenvalue weighted by molar-refractivity contribution is 0.577. The fourth-order valence-electron chi connectivity index (χ4n) is 1.46. The molecule has 1 rings (SSSR count). The van der Waals surface area contributed by atoms with Crippen LogP contribution in [-0.4, -0.2) is 29.3 Å². The van der Waals surface area contributed by atoms with Gasteiger partial charge in [0.15, 0.2) is 5.82 Å². The highest BCUT2D eigenvalue weighted by atomic mass is 15.3. The minimum atomic E-state index is 0.462. The lowest BCUT2D eigenvalue weighted by atomic mass is 10.3. The Kier molecular flexibility index (Phi) is 5.63. The zero-order chi connectivity index (χ0) is 12.7. The van der Waals surface area contributed by atoms with E-state index >= 15 is 0 Å². The number of anilines is 1. The molecular weight excluding hydrogens is 212 g/mol. The van der Waals surface area contributed by atoms with Crippen molar-refractivity contribution in [3.63, 3.8) is 0 Å². The largest absolute Gasteiger partial charge is 0.352 e. The van der Waals surface area contributed by atoms with Gasteiger partial charge in [-0.2, -0.15) is 5.10 Å². The van der Waals surface area contributed by atoms with Gasteiger partial charge in [0.05, 0.1) is 5.69 Å². The third-order valence-electron chi connectivity index (χ3n) is 2.45. The molecule has 0 unspecified atom stereocenters. The third-order valence-corrected chi connectivity index (χ3v) is 2.45. The van der Waals surface area contributed by atoms with Gasteiger partial charge in [-0.1, -0.05) is 19.9 Å². The number of rotatable bonds is 7. The summed E-state index contributed by atoms with van der Waals surface area (Å²) in [7, 11) is 0. The fourth-order valence-corrected chi connectivity index (χ4v) is 1.46. The van der Waals surface area contributed by atoms with Crippen LogP contribution in [0.1, 0.15) is 26.5 Å². The van der Waals surface area contributed by atoms with E-state index in [-0.39, 0.29) is 0 Å². The van der Waals surface area contributed by atoms with Gasteiger partial charge in [0.2, 0.25) is 0 Å². The Balaban J connectivity index is 2.62. The first-order valence-electron chi connectivity index (χ1n) is 6.09. The molecule has 1 heterocycles. The molecular formula is C13H22N4. The Morgan fingerprint density at radius 1 is 1.41 bits per heavy atom. The summed E-state index contributed by atoms with van der Waals surface area (Å²) in [6.45, 7) is 12.5. The fraction of sp³-hybridized carbons (Fsp3) is 0.538. The molecule has 0 fully saturated rings. The minimum Gasteiger partial charge on any atom is -0.352 e. The average molecular weight is 234 g/mol. The topological polar surface area (TPSA) is 41.0 Å². The standard InChI is InChI=1S/C13H22N4/c1-5-9-17(6-2)13-8-7-12(15-16-13)10-14-11(3)4/h5,7-8,11,14H,1,6,9-10H2,2-4H3. The van der Waals surface area contributed by atoms with Gasteiger partial charge in [-0.15, -0.1) is 11.7 Å². The highest BCUT2D eigenvalue weighted by molar-refractivity contribution is 5.37. The van der Waals surface area contributed by atoms with Crippen LogP contribution in [0.25, 0.3) is 0 Å². The summed E-state index contributed by atoms with van der Waals surface area (Å²) in [5.74, 6) is 0.903. The highest BCUT2D eigenvalue weighted by Gasteiger charge is 2.04. The molecule has 17 heavy (non-hydrogen) atoms. The molecule has 0 aliphatic carbocycles. The molecule has 0 aliphatic rings. The number of aromatic nitrogens is 2. The molecule has 0 aromatic carbocycles. The van der Waals surface area contributed by atoms with E-state index in [4.69, 9.17) is 0 Å². The molecule has 0 amide bonds. The van der Waals surface area contributed by atoms with Gasteiger partial charge in [0.25, 0.3) is 0 Å². The van der Waals surface area contributed by atoms with E-state index < -0.39 is 0 Å².